The van der Waals surface area contributed by atoms with E-state index in [1.807, 2.05) is 6.92 Å². The van der Waals surface area contributed by atoms with Gasteiger partial charge in [0.05, 0.1) is 6.04 Å². The fourth-order valence-corrected chi connectivity index (χ4v) is 2.18. The summed E-state index contributed by atoms with van der Waals surface area (Å²) in [7, 11) is 0. The molecule has 1 saturated heterocycles. The van der Waals surface area contributed by atoms with E-state index in [2.05, 4.69) is 17.1 Å². The number of carbonyl (C=O) groups excluding carboxylic acids is 1. The van der Waals surface area contributed by atoms with Gasteiger partial charge in [-0.1, -0.05) is 20.3 Å². The second-order valence-electron chi connectivity index (χ2n) is 4.69. The van der Waals surface area contributed by atoms with Crippen molar-refractivity contribution < 1.29 is 4.79 Å². The molecule has 0 aliphatic carbocycles. The summed E-state index contributed by atoms with van der Waals surface area (Å²) in [6.07, 6.45) is 2.93. The Bertz CT molecular complexity index is 220. The van der Waals surface area contributed by atoms with Gasteiger partial charge in [-0.05, 0) is 31.8 Å². The van der Waals surface area contributed by atoms with Crippen LogP contribution in [0.25, 0.3) is 0 Å². The second-order valence-corrected chi connectivity index (χ2v) is 4.69. The zero-order valence-corrected chi connectivity index (χ0v) is 10.5. The van der Waals surface area contributed by atoms with E-state index in [1.54, 1.807) is 0 Å². The summed E-state index contributed by atoms with van der Waals surface area (Å²) in [5, 5.41) is 2.96. The first-order chi connectivity index (χ1) is 7.67. The Hall–Kier alpha value is -0.610. The molecule has 1 fully saturated rings. The van der Waals surface area contributed by atoms with E-state index >= 15 is 0 Å². The van der Waals surface area contributed by atoms with Gasteiger partial charge in [0.15, 0.2) is 0 Å². The molecule has 1 amide bonds. The Kier molecular flexibility index (Phi) is 5.77. The molecule has 0 spiro atoms. The van der Waals surface area contributed by atoms with Crippen LogP contribution >= 0.6 is 0 Å². The van der Waals surface area contributed by atoms with E-state index in [9.17, 15) is 4.79 Å². The molecule has 1 heterocycles. The van der Waals surface area contributed by atoms with Crippen molar-refractivity contribution in [1.82, 2.24) is 10.2 Å². The lowest BCUT2D eigenvalue weighted by atomic mass is 10.1. The molecule has 0 saturated carbocycles. The Morgan fingerprint density at radius 1 is 1.56 bits per heavy atom. The smallest absolute Gasteiger partial charge is 0.236 e. The molecule has 0 aromatic carbocycles. The number of rotatable bonds is 6. The number of likely N-dealkylation sites (tertiary alicyclic amines) is 1. The summed E-state index contributed by atoms with van der Waals surface area (Å²) in [4.78, 5) is 14.0. The molecule has 94 valence electrons. The first kappa shape index (κ1) is 13.5. The molecule has 16 heavy (non-hydrogen) atoms. The number of carbonyl (C=O) groups is 1. The fraction of sp³-hybridized carbons (Fsp3) is 0.917. The highest BCUT2D eigenvalue weighted by atomic mass is 16.2. The minimum Gasteiger partial charge on any atom is -0.354 e. The number of hydrogen-bond acceptors (Lipinski definition) is 3. The molecule has 0 bridgehead atoms. The molecule has 1 rings (SSSR count). The minimum atomic E-state index is -0.325. The molecular formula is C12H25N3O. The standard InChI is InChI=1S/C12H25N3O/c1-3-5-11(13)12(16)14-8-10-6-7-15(4-2)9-10/h10-11H,3-9,13H2,1-2H3,(H,14,16)/t10?,11-/m1/s1. The largest absolute Gasteiger partial charge is 0.354 e. The van der Waals surface area contributed by atoms with Crippen LogP contribution < -0.4 is 11.1 Å². The molecule has 2 atom stereocenters. The highest BCUT2D eigenvalue weighted by Gasteiger charge is 2.22. The van der Waals surface area contributed by atoms with Gasteiger partial charge in [-0.15, -0.1) is 0 Å². The Labute approximate surface area is 98.6 Å². The summed E-state index contributed by atoms with van der Waals surface area (Å²) in [6.45, 7) is 8.39. The molecule has 4 heteroatoms. The third-order valence-electron chi connectivity index (χ3n) is 3.32. The summed E-state index contributed by atoms with van der Waals surface area (Å²) >= 11 is 0. The van der Waals surface area contributed by atoms with Crippen molar-refractivity contribution >= 4 is 5.91 Å². The molecule has 0 aromatic rings. The average Bonchev–Trinajstić information content (AvgIpc) is 2.74. The van der Waals surface area contributed by atoms with Crippen LogP contribution in [-0.4, -0.2) is 43.0 Å². The zero-order chi connectivity index (χ0) is 12.0. The lowest BCUT2D eigenvalue weighted by Gasteiger charge is -2.15. The number of amides is 1. The minimum absolute atomic E-state index is 0.0109. The predicted octanol–water partition coefficient (Wildman–Crippen LogP) is 0.572. The maximum absolute atomic E-state index is 11.6. The molecule has 4 nitrogen and oxygen atoms in total. The van der Waals surface area contributed by atoms with Crippen LogP contribution in [0.3, 0.4) is 0 Å². The number of nitrogens with one attached hydrogen (secondary N) is 1. The normalized spacial score (nSPS) is 23.3. The summed E-state index contributed by atoms with van der Waals surface area (Å²) in [5.41, 5.74) is 5.74. The maximum atomic E-state index is 11.6. The topological polar surface area (TPSA) is 58.4 Å². The van der Waals surface area contributed by atoms with Gasteiger partial charge in [0.25, 0.3) is 0 Å². The number of hydrogen-bond donors (Lipinski definition) is 2. The van der Waals surface area contributed by atoms with Gasteiger partial charge >= 0.3 is 0 Å². The highest BCUT2D eigenvalue weighted by Crippen LogP contribution is 2.14. The van der Waals surface area contributed by atoms with Crippen molar-refractivity contribution in [2.24, 2.45) is 11.7 Å². The van der Waals surface area contributed by atoms with E-state index in [-0.39, 0.29) is 11.9 Å². The molecule has 0 radical (unpaired) electrons. The zero-order valence-electron chi connectivity index (χ0n) is 10.5. The number of nitrogens with two attached hydrogens (primary N) is 1. The molecular weight excluding hydrogens is 202 g/mol. The lowest BCUT2D eigenvalue weighted by Crippen LogP contribution is -2.42. The molecule has 3 N–H and O–H groups in total. The number of nitrogens with zero attached hydrogens (tertiary/aromatic N) is 1. The Morgan fingerprint density at radius 3 is 2.88 bits per heavy atom. The van der Waals surface area contributed by atoms with Gasteiger partial charge in [-0.2, -0.15) is 0 Å². The molecule has 1 unspecified atom stereocenters. The Balaban J connectivity index is 2.17. The van der Waals surface area contributed by atoms with Gasteiger partial charge in [0.1, 0.15) is 0 Å². The van der Waals surface area contributed by atoms with Gasteiger partial charge in [0.2, 0.25) is 5.91 Å². The quantitative estimate of drug-likeness (QED) is 0.697. The van der Waals surface area contributed by atoms with E-state index in [1.165, 1.54) is 6.42 Å². The third-order valence-corrected chi connectivity index (χ3v) is 3.32. The van der Waals surface area contributed by atoms with Crippen molar-refractivity contribution in [2.45, 2.75) is 39.2 Å². The van der Waals surface area contributed by atoms with Crippen molar-refractivity contribution in [2.75, 3.05) is 26.2 Å². The monoisotopic (exact) mass is 227 g/mol. The van der Waals surface area contributed by atoms with E-state index < -0.39 is 0 Å². The van der Waals surface area contributed by atoms with E-state index in [0.29, 0.717) is 5.92 Å². The van der Waals surface area contributed by atoms with E-state index in [4.69, 9.17) is 5.73 Å². The predicted molar refractivity (Wildman–Crippen MR) is 66.1 cm³/mol. The second kappa shape index (κ2) is 6.86. The summed E-state index contributed by atoms with van der Waals surface area (Å²) < 4.78 is 0. The van der Waals surface area contributed by atoms with Crippen LogP contribution in [0.1, 0.15) is 33.1 Å². The van der Waals surface area contributed by atoms with Gasteiger partial charge in [0, 0.05) is 13.1 Å². The molecule has 0 aromatic heterocycles. The van der Waals surface area contributed by atoms with Crippen LogP contribution in [0.5, 0.6) is 0 Å². The molecule has 1 aliphatic heterocycles. The first-order valence-corrected chi connectivity index (χ1v) is 6.43. The van der Waals surface area contributed by atoms with Gasteiger partial charge < -0.3 is 16.0 Å². The fourth-order valence-electron chi connectivity index (χ4n) is 2.18. The van der Waals surface area contributed by atoms with Crippen molar-refractivity contribution in [3.63, 3.8) is 0 Å². The SMILES string of the molecule is CCC[C@@H](N)C(=O)NCC1CCN(CC)C1. The average molecular weight is 227 g/mol. The van der Waals surface area contributed by atoms with Crippen LogP contribution in [0.15, 0.2) is 0 Å². The van der Waals surface area contributed by atoms with Crippen molar-refractivity contribution in [1.29, 1.82) is 0 Å². The first-order valence-electron chi connectivity index (χ1n) is 6.43. The van der Waals surface area contributed by atoms with Crippen LogP contribution in [0, 0.1) is 5.92 Å². The summed E-state index contributed by atoms with van der Waals surface area (Å²) in [6, 6.07) is -0.325. The Morgan fingerprint density at radius 2 is 2.31 bits per heavy atom. The van der Waals surface area contributed by atoms with Crippen molar-refractivity contribution in [3.8, 4) is 0 Å². The lowest BCUT2D eigenvalue weighted by molar-refractivity contribution is -0.122. The van der Waals surface area contributed by atoms with Crippen LogP contribution in [-0.2, 0) is 4.79 Å². The van der Waals surface area contributed by atoms with Crippen LogP contribution in [0.4, 0.5) is 0 Å². The third kappa shape index (κ3) is 4.10. The maximum Gasteiger partial charge on any atom is 0.236 e. The summed E-state index contributed by atoms with van der Waals surface area (Å²) in [5.74, 6) is 0.620. The van der Waals surface area contributed by atoms with Crippen LogP contribution in [0.2, 0.25) is 0 Å². The van der Waals surface area contributed by atoms with Gasteiger partial charge in [-0.25, -0.2) is 0 Å². The van der Waals surface area contributed by atoms with Gasteiger partial charge in [-0.3, -0.25) is 4.79 Å². The highest BCUT2D eigenvalue weighted by molar-refractivity contribution is 5.81. The van der Waals surface area contributed by atoms with E-state index in [0.717, 1.165) is 39.0 Å². The molecule has 1 aliphatic rings. The van der Waals surface area contributed by atoms with Crippen molar-refractivity contribution in [3.05, 3.63) is 0 Å².